The van der Waals surface area contributed by atoms with Crippen LogP contribution in [0.3, 0.4) is 0 Å². The number of hydrogen-bond acceptors (Lipinski definition) is 6. The van der Waals surface area contributed by atoms with E-state index < -0.39 is 0 Å². The van der Waals surface area contributed by atoms with Gasteiger partial charge in [-0.3, -0.25) is 4.79 Å². The fourth-order valence-electron chi connectivity index (χ4n) is 2.13. The third-order valence-electron chi connectivity index (χ3n) is 3.26. The van der Waals surface area contributed by atoms with Crippen molar-refractivity contribution in [1.82, 2.24) is 20.2 Å². The first-order chi connectivity index (χ1) is 12.6. The van der Waals surface area contributed by atoms with E-state index >= 15 is 0 Å². The van der Waals surface area contributed by atoms with Crippen LogP contribution in [0.4, 0.5) is 5.69 Å². The molecule has 3 aromatic rings. The van der Waals surface area contributed by atoms with Gasteiger partial charge in [0, 0.05) is 10.0 Å². The minimum absolute atomic E-state index is 0.108. The number of halogens is 2. The van der Waals surface area contributed by atoms with E-state index in [-0.39, 0.29) is 11.7 Å². The molecule has 26 heavy (non-hydrogen) atoms. The van der Waals surface area contributed by atoms with Gasteiger partial charge in [-0.15, -0.1) is 5.10 Å². The summed E-state index contributed by atoms with van der Waals surface area (Å²) in [4.78, 5) is 12.3. The average Bonchev–Trinajstić information content (AvgIpc) is 3.09. The predicted molar refractivity (Wildman–Crippen MR) is 102 cm³/mol. The van der Waals surface area contributed by atoms with Crippen LogP contribution < -0.4 is 10.1 Å². The van der Waals surface area contributed by atoms with E-state index in [1.165, 1.54) is 23.6 Å². The molecule has 2 aromatic carbocycles. The Morgan fingerprint density at radius 2 is 2.04 bits per heavy atom. The van der Waals surface area contributed by atoms with E-state index in [2.05, 4.69) is 20.8 Å². The predicted octanol–water partition coefficient (Wildman–Crippen LogP) is 3.71. The molecule has 10 heteroatoms. The quantitative estimate of drug-likeness (QED) is 0.624. The lowest BCUT2D eigenvalue weighted by Gasteiger charge is -2.10. The zero-order valence-electron chi connectivity index (χ0n) is 13.5. The van der Waals surface area contributed by atoms with Crippen molar-refractivity contribution in [1.29, 1.82) is 0 Å². The van der Waals surface area contributed by atoms with Crippen LogP contribution in [0.5, 0.6) is 5.75 Å². The molecule has 0 radical (unpaired) electrons. The SMILES string of the molecule is COc1ccc(Cl)cc1NC(=O)CSc1nnnn1-c1cccc(Cl)c1. The van der Waals surface area contributed by atoms with Gasteiger partial charge in [0.25, 0.3) is 0 Å². The van der Waals surface area contributed by atoms with E-state index in [1.807, 2.05) is 6.07 Å². The summed E-state index contributed by atoms with van der Waals surface area (Å²) in [6.07, 6.45) is 0. The Hall–Kier alpha value is -2.29. The van der Waals surface area contributed by atoms with Crippen molar-refractivity contribution in [2.24, 2.45) is 0 Å². The molecule has 0 atom stereocenters. The Morgan fingerprint density at radius 3 is 2.81 bits per heavy atom. The van der Waals surface area contributed by atoms with Gasteiger partial charge >= 0.3 is 0 Å². The van der Waals surface area contributed by atoms with Gasteiger partial charge in [-0.2, -0.15) is 4.68 Å². The lowest BCUT2D eigenvalue weighted by molar-refractivity contribution is -0.113. The van der Waals surface area contributed by atoms with Crippen molar-refractivity contribution in [2.75, 3.05) is 18.2 Å². The van der Waals surface area contributed by atoms with Gasteiger partial charge in [0.05, 0.1) is 24.2 Å². The van der Waals surface area contributed by atoms with E-state index in [4.69, 9.17) is 27.9 Å². The van der Waals surface area contributed by atoms with Gasteiger partial charge in [-0.05, 0) is 46.8 Å². The summed E-state index contributed by atoms with van der Waals surface area (Å²) >= 11 is 13.2. The van der Waals surface area contributed by atoms with Gasteiger partial charge in [-0.1, -0.05) is 41.0 Å². The first kappa shape index (κ1) is 18.5. The lowest BCUT2D eigenvalue weighted by atomic mass is 10.3. The normalized spacial score (nSPS) is 10.6. The number of anilines is 1. The molecule has 0 aliphatic carbocycles. The molecule has 0 spiro atoms. The maximum absolute atomic E-state index is 12.3. The third kappa shape index (κ3) is 4.46. The fraction of sp³-hybridized carbons (Fsp3) is 0.125. The number of aromatic nitrogens is 4. The average molecular weight is 410 g/mol. The smallest absolute Gasteiger partial charge is 0.234 e. The molecule has 1 heterocycles. The maximum atomic E-state index is 12.3. The second-order valence-electron chi connectivity index (χ2n) is 5.03. The molecule has 0 aliphatic heterocycles. The standard InChI is InChI=1S/C16H13Cl2N5O2S/c1-25-14-6-5-11(18)8-13(14)19-15(24)9-26-16-20-21-22-23(16)12-4-2-3-10(17)7-12/h2-8H,9H2,1H3,(H,19,24). The summed E-state index contributed by atoms with van der Waals surface area (Å²) < 4.78 is 6.73. The van der Waals surface area contributed by atoms with Crippen LogP contribution >= 0.6 is 35.0 Å². The lowest BCUT2D eigenvalue weighted by Crippen LogP contribution is -2.15. The Morgan fingerprint density at radius 1 is 1.23 bits per heavy atom. The maximum Gasteiger partial charge on any atom is 0.234 e. The monoisotopic (exact) mass is 409 g/mol. The van der Waals surface area contributed by atoms with Gasteiger partial charge in [0.15, 0.2) is 0 Å². The van der Waals surface area contributed by atoms with Crippen molar-refractivity contribution in [3.8, 4) is 11.4 Å². The largest absolute Gasteiger partial charge is 0.495 e. The second-order valence-corrected chi connectivity index (χ2v) is 6.85. The molecule has 1 aromatic heterocycles. The third-order valence-corrected chi connectivity index (χ3v) is 4.65. The molecular weight excluding hydrogens is 397 g/mol. The summed E-state index contributed by atoms with van der Waals surface area (Å²) in [5, 5.41) is 15.8. The Bertz CT molecular complexity index is 935. The van der Waals surface area contributed by atoms with Crippen molar-refractivity contribution in [3.05, 3.63) is 52.5 Å². The number of methoxy groups -OCH3 is 1. The molecule has 3 rings (SSSR count). The molecule has 0 aliphatic rings. The number of nitrogens with one attached hydrogen (secondary N) is 1. The van der Waals surface area contributed by atoms with Crippen LogP contribution in [0.2, 0.25) is 10.0 Å². The molecule has 0 bridgehead atoms. The molecule has 134 valence electrons. The van der Waals surface area contributed by atoms with Crippen molar-refractivity contribution < 1.29 is 9.53 Å². The zero-order valence-corrected chi connectivity index (χ0v) is 15.8. The number of hydrogen-bond donors (Lipinski definition) is 1. The summed E-state index contributed by atoms with van der Waals surface area (Å²) in [7, 11) is 1.52. The molecule has 1 N–H and O–H groups in total. The Balaban J connectivity index is 1.68. The van der Waals surface area contributed by atoms with Crippen LogP contribution in [0, 0.1) is 0 Å². The molecule has 7 nitrogen and oxygen atoms in total. The highest BCUT2D eigenvalue weighted by atomic mass is 35.5. The number of carbonyl (C=O) groups is 1. The Kier molecular flexibility index (Phi) is 5.97. The van der Waals surface area contributed by atoms with Crippen LogP contribution in [0.25, 0.3) is 5.69 Å². The van der Waals surface area contributed by atoms with Crippen LogP contribution in [0.15, 0.2) is 47.6 Å². The van der Waals surface area contributed by atoms with Gasteiger partial charge in [0.2, 0.25) is 11.1 Å². The van der Waals surface area contributed by atoms with Gasteiger partial charge < -0.3 is 10.1 Å². The van der Waals surface area contributed by atoms with E-state index in [0.29, 0.717) is 32.3 Å². The van der Waals surface area contributed by atoms with Crippen molar-refractivity contribution >= 4 is 46.6 Å². The van der Waals surface area contributed by atoms with E-state index in [9.17, 15) is 4.79 Å². The highest BCUT2D eigenvalue weighted by Crippen LogP contribution is 2.28. The highest BCUT2D eigenvalue weighted by molar-refractivity contribution is 7.99. The van der Waals surface area contributed by atoms with Crippen LogP contribution in [-0.4, -0.2) is 39.0 Å². The van der Waals surface area contributed by atoms with Crippen molar-refractivity contribution in [2.45, 2.75) is 5.16 Å². The summed E-state index contributed by atoms with van der Waals surface area (Å²) in [6.45, 7) is 0. The number of carbonyl (C=O) groups excluding carboxylic acids is 1. The summed E-state index contributed by atoms with van der Waals surface area (Å²) in [5.74, 6) is 0.393. The van der Waals surface area contributed by atoms with E-state index in [0.717, 1.165) is 0 Å². The first-order valence-electron chi connectivity index (χ1n) is 7.37. The van der Waals surface area contributed by atoms with Gasteiger partial charge in [-0.25, -0.2) is 0 Å². The van der Waals surface area contributed by atoms with Crippen molar-refractivity contribution in [3.63, 3.8) is 0 Å². The molecule has 1 amide bonds. The Labute approximate surface area is 163 Å². The summed E-state index contributed by atoms with van der Waals surface area (Å²) in [5.41, 5.74) is 1.21. The molecular formula is C16H13Cl2N5O2S. The van der Waals surface area contributed by atoms with Crippen LogP contribution in [-0.2, 0) is 4.79 Å². The van der Waals surface area contributed by atoms with Crippen LogP contribution in [0.1, 0.15) is 0 Å². The number of thioether (sulfide) groups is 1. The number of ether oxygens (including phenoxy) is 1. The van der Waals surface area contributed by atoms with E-state index in [1.54, 1.807) is 36.4 Å². The highest BCUT2D eigenvalue weighted by Gasteiger charge is 2.13. The minimum atomic E-state index is -0.240. The van der Waals surface area contributed by atoms with Gasteiger partial charge in [0.1, 0.15) is 5.75 Å². The molecule has 0 saturated heterocycles. The molecule has 0 unspecified atom stereocenters. The minimum Gasteiger partial charge on any atom is -0.495 e. The first-order valence-corrected chi connectivity index (χ1v) is 9.11. The molecule has 0 fully saturated rings. The number of rotatable bonds is 6. The summed E-state index contributed by atoms with van der Waals surface area (Å²) in [6, 6.07) is 12.1. The topological polar surface area (TPSA) is 81.9 Å². The number of tetrazole rings is 1. The molecule has 0 saturated carbocycles. The number of benzene rings is 2. The number of nitrogens with zero attached hydrogens (tertiary/aromatic N) is 4. The second kappa shape index (κ2) is 8.39. The number of amides is 1. The fourth-order valence-corrected chi connectivity index (χ4v) is 3.18. The zero-order chi connectivity index (χ0) is 18.5.